The molecule has 0 fully saturated rings. The van der Waals surface area contributed by atoms with Gasteiger partial charge >= 0.3 is 0 Å². The minimum absolute atomic E-state index is 0.353. The first kappa shape index (κ1) is 13.3. The molecule has 0 bridgehead atoms. The third-order valence-corrected chi connectivity index (χ3v) is 3.40. The summed E-state index contributed by atoms with van der Waals surface area (Å²) >= 11 is 11.9. The highest BCUT2D eigenvalue weighted by Crippen LogP contribution is 2.26. The lowest BCUT2D eigenvalue weighted by atomic mass is 10.1. The van der Waals surface area contributed by atoms with Crippen LogP contribution in [0.5, 0.6) is 0 Å². The van der Waals surface area contributed by atoms with E-state index in [2.05, 4.69) is 17.0 Å². The van der Waals surface area contributed by atoms with Crippen molar-refractivity contribution in [2.45, 2.75) is 25.9 Å². The van der Waals surface area contributed by atoms with Gasteiger partial charge in [0.2, 0.25) is 0 Å². The highest BCUT2D eigenvalue weighted by Gasteiger charge is 2.16. The monoisotopic (exact) mass is 284 g/mol. The summed E-state index contributed by atoms with van der Waals surface area (Å²) in [6.07, 6.45) is 2.49. The van der Waals surface area contributed by atoms with Gasteiger partial charge in [0.1, 0.15) is 12.2 Å². The third-order valence-electron chi connectivity index (χ3n) is 2.66. The molecule has 1 aromatic heterocycles. The van der Waals surface area contributed by atoms with Crippen LogP contribution in [0.3, 0.4) is 0 Å². The van der Waals surface area contributed by atoms with E-state index in [1.807, 2.05) is 10.7 Å². The summed E-state index contributed by atoms with van der Waals surface area (Å²) < 4.78 is 1.81. The van der Waals surface area contributed by atoms with Crippen molar-refractivity contribution >= 4 is 23.2 Å². The van der Waals surface area contributed by atoms with Crippen LogP contribution in [0, 0.1) is 0 Å². The Morgan fingerprint density at radius 1 is 1.33 bits per heavy atom. The Bertz CT molecular complexity index is 539. The largest absolute Gasteiger partial charge is 0.318 e. The first-order valence-corrected chi connectivity index (χ1v) is 6.47. The fraction of sp³-hybridized carbons (Fsp3) is 0.333. The number of nitrogens with two attached hydrogens (primary N) is 1. The highest BCUT2D eigenvalue weighted by molar-refractivity contribution is 6.42. The number of benzene rings is 1. The van der Waals surface area contributed by atoms with Crippen molar-refractivity contribution in [1.82, 2.24) is 14.8 Å². The molecule has 18 heavy (non-hydrogen) atoms. The molecule has 0 saturated heterocycles. The molecule has 96 valence electrons. The lowest BCUT2D eigenvalue weighted by Gasteiger charge is -2.13. The molecule has 2 N–H and O–H groups in total. The molecule has 1 heterocycles. The predicted octanol–water partition coefficient (Wildman–Crippen LogP) is 3.04. The van der Waals surface area contributed by atoms with Gasteiger partial charge in [0.05, 0.1) is 16.1 Å². The number of hydrogen-bond acceptors (Lipinski definition) is 3. The summed E-state index contributed by atoms with van der Waals surface area (Å²) in [5.41, 5.74) is 7.06. The van der Waals surface area contributed by atoms with E-state index in [0.29, 0.717) is 10.0 Å². The molecule has 1 unspecified atom stereocenters. The number of aromatic nitrogens is 3. The molecule has 6 heteroatoms. The quantitative estimate of drug-likeness (QED) is 0.939. The summed E-state index contributed by atoms with van der Waals surface area (Å²) in [7, 11) is 0. The van der Waals surface area contributed by atoms with Crippen molar-refractivity contribution in [1.29, 1.82) is 0 Å². The normalized spacial score (nSPS) is 12.7. The Morgan fingerprint density at radius 3 is 2.78 bits per heavy atom. The fourth-order valence-electron chi connectivity index (χ4n) is 1.75. The molecule has 0 aliphatic carbocycles. The summed E-state index contributed by atoms with van der Waals surface area (Å²) in [5, 5.41) is 5.17. The van der Waals surface area contributed by atoms with E-state index in [1.54, 1.807) is 12.1 Å². The maximum Gasteiger partial charge on any atom is 0.148 e. The summed E-state index contributed by atoms with van der Waals surface area (Å²) in [5.74, 6) is 0.732. The van der Waals surface area contributed by atoms with Crippen molar-refractivity contribution < 1.29 is 0 Å². The average Bonchev–Trinajstić information content (AvgIpc) is 2.80. The van der Waals surface area contributed by atoms with Crippen molar-refractivity contribution in [3.8, 4) is 0 Å². The van der Waals surface area contributed by atoms with Crippen LogP contribution in [0.4, 0.5) is 0 Å². The number of nitrogens with zero attached hydrogens (tertiary/aromatic N) is 3. The Kier molecular flexibility index (Phi) is 4.22. The second-order valence-corrected chi connectivity index (χ2v) is 4.81. The van der Waals surface area contributed by atoms with Crippen LogP contribution in [-0.2, 0) is 6.54 Å². The highest BCUT2D eigenvalue weighted by atomic mass is 35.5. The first-order chi connectivity index (χ1) is 8.63. The van der Waals surface area contributed by atoms with Gasteiger partial charge in [0, 0.05) is 6.54 Å². The summed E-state index contributed by atoms with van der Waals surface area (Å²) in [6.45, 7) is 2.88. The second kappa shape index (κ2) is 5.69. The zero-order valence-corrected chi connectivity index (χ0v) is 11.5. The van der Waals surface area contributed by atoms with Gasteiger partial charge in [-0.05, 0) is 24.1 Å². The minimum Gasteiger partial charge on any atom is -0.318 e. The Hall–Kier alpha value is -1.10. The molecule has 2 aromatic rings. The molecule has 0 radical (unpaired) electrons. The van der Waals surface area contributed by atoms with E-state index >= 15 is 0 Å². The van der Waals surface area contributed by atoms with E-state index in [9.17, 15) is 0 Å². The van der Waals surface area contributed by atoms with E-state index in [-0.39, 0.29) is 6.04 Å². The van der Waals surface area contributed by atoms with Gasteiger partial charge in [0.25, 0.3) is 0 Å². The zero-order chi connectivity index (χ0) is 13.1. The summed E-state index contributed by atoms with van der Waals surface area (Å²) in [4.78, 5) is 4.21. The number of rotatable bonds is 4. The topological polar surface area (TPSA) is 56.7 Å². The van der Waals surface area contributed by atoms with Crippen molar-refractivity contribution in [2.75, 3.05) is 0 Å². The van der Waals surface area contributed by atoms with Gasteiger partial charge in [0.15, 0.2) is 0 Å². The van der Waals surface area contributed by atoms with Crippen molar-refractivity contribution in [3.05, 3.63) is 46.0 Å². The lowest BCUT2D eigenvalue weighted by Crippen LogP contribution is -2.18. The van der Waals surface area contributed by atoms with Gasteiger partial charge in [-0.25, -0.2) is 9.67 Å². The Labute approximate surface area is 116 Å². The molecule has 0 saturated carbocycles. The maximum absolute atomic E-state index is 6.19. The van der Waals surface area contributed by atoms with Crippen LogP contribution < -0.4 is 5.73 Å². The van der Waals surface area contributed by atoms with E-state index in [0.717, 1.165) is 24.4 Å². The molecule has 1 aromatic carbocycles. The van der Waals surface area contributed by atoms with Gasteiger partial charge < -0.3 is 5.73 Å². The molecule has 4 nitrogen and oxygen atoms in total. The molecule has 2 rings (SSSR count). The zero-order valence-electron chi connectivity index (χ0n) is 9.98. The standard InChI is InChI=1S/C12H14Cl2N4/c1-2-5-18-12(16-7-17-18)11(15)8-3-4-9(13)10(14)6-8/h3-4,6-7,11H,2,5,15H2,1H3. The average molecular weight is 285 g/mol. The predicted molar refractivity (Wildman–Crippen MR) is 72.8 cm³/mol. The molecular weight excluding hydrogens is 271 g/mol. The van der Waals surface area contributed by atoms with E-state index in [4.69, 9.17) is 28.9 Å². The first-order valence-electron chi connectivity index (χ1n) is 5.71. The molecule has 0 amide bonds. The SMILES string of the molecule is CCCn1ncnc1C(N)c1ccc(Cl)c(Cl)c1. The van der Waals surface area contributed by atoms with Crippen molar-refractivity contribution in [2.24, 2.45) is 5.73 Å². The number of hydrogen-bond donors (Lipinski definition) is 1. The minimum atomic E-state index is -0.353. The molecule has 0 aliphatic rings. The summed E-state index contributed by atoms with van der Waals surface area (Å²) in [6, 6.07) is 5.00. The van der Waals surface area contributed by atoms with Crippen LogP contribution in [0.1, 0.15) is 30.8 Å². The van der Waals surface area contributed by atoms with Gasteiger partial charge in [-0.2, -0.15) is 5.10 Å². The molecular formula is C12H14Cl2N4. The second-order valence-electron chi connectivity index (χ2n) is 3.99. The molecule has 0 aliphatic heterocycles. The van der Waals surface area contributed by atoms with Crippen LogP contribution in [0.2, 0.25) is 10.0 Å². The smallest absolute Gasteiger partial charge is 0.148 e. The third kappa shape index (κ3) is 2.66. The molecule has 0 spiro atoms. The van der Waals surface area contributed by atoms with Crippen molar-refractivity contribution in [3.63, 3.8) is 0 Å². The molecule has 1 atom stereocenters. The van der Waals surface area contributed by atoms with Gasteiger partial charge in [-0.15, -0.1) is 0 Å². The van der Waals surface area contributed by atoms with Crippen LogP contribution >= 0.6 is 23.2 Å². The Morgan fingerprint density at radius 2 is 2.11 bits per heavy atom. The number of halogens is 2. The lowest BCUT2D eigenvalue weighted by molar-refractivity contribution is 0.553. The van der Waals surface area contributed by atoms with Crippen LogP contribution in [0.15, 0.2) is 24.5 Å². The van der Waals surface area contributed by atoms with Gasteiger partial charge in [-0.3, -0.25) is 0 Å². The van der Waals surface area contributed by atoms with Crippen LogP contribution in [-0.4, -0.2) is 14.8 Å². The van der Waals surface area contributed by atoms with E-state index < -0.39 is 0 Å². The van der Waals surface area contributed by atoms with Gasteiger partial charge in [-0.1, -0.05) is 36.2 Å². The fourth-order valence-corrected chi connectivity index (χ4v) is 2.06. The Balaban J connectivity index is 2.32. The van der Waals surface area contributed by atoms with E-state index in [1.165, 1.54) is 6.33 Å². The maximum atomic E-state index is 6.19. The van der Waals surface area contributed by atoms with Crippen LogP contribution in [0.25, 0.3) is 0 Å². The number of aryl methyl sites for hydroxylation is 1.